The lowest BCUT2D eigenvalue weighted by molar-refractivity contribution is 0.0762. The number of hydrogen-bond donors (Lipinski definition) is 1. The van der Waals surface area contributed by atoms with Crippen LogP contribution in [-0.4, -0.2) is 45.5 Å². The van der Waals surface area contributed by atoms with E-state index in [0.29, 0.717) is 49.1 Å². The van der Waals surface area contributed by atoms with Crippen molar-refractivity contribution in [2.24, 2.45) is 0 Å². The number of benzene rings is 2. The number of carbonyl (C=O) groups is 1. The largest absolute Gasteiger partial charge is 0.486 e. The molecule has 0 saturated heterocycles. The van der Waals surface area contributed by atoms with Crippen LogP contribution >= 0.6 is 0 Å². The van der Waals surface area contributed by atoms with Crippen molar-refractivity contribution in [3.63, 3.8) is 0 Å². The highest BCUT2D eigenvalue weighted by Crippen LogP contribution is 2.32. The molecule has 29 heavy (non-hydrogen) atoms. The topological polar surface area (TPSA) is 84.9 Å². The molecule has 0 aromatic heterocycles. The van der Waals surface area contributed by atoms with Gasteiger partial charge in [0, 0.05) is 30.4 Å². The summed E-state index contributed by atoms with van der Waals surface area (Å²) in [5.41, 5.74) is 0.915. The highest BCUT2D eigenvalue weighted by molar-refractivity contribution is 7.92. The van der Waals surface area contributed by atoms with Crippen LogP contribution < -0.4 is 14.2 Å². The summed E-state index contributed by atoms with van der Waals surface area (Å²) in [7, 11) is -3.79. The Balaban J connectivity index is 1.72. The van der Waals surface area contributed by atoms with Crippen molar-refractivity contribution in [2.75, 3.05) is 31.0 Å². The number of amides is 1. The van der Waals surface area contributed by atoms with Gasteiger partial charge in [-0.05, 0) is 49.7 Å². The summed E-state index contributed by atoms with van der Waals surface area (Å²) >= 11 is 0. The van der Waals surface area contributed by atoms with Gasteiger partial charge < -0.3 is 14.4 Å². The molecular weight excluding hydrogens is 392 g/mol. The van der Waals surface area contributed by atoms with E-state index in [9.17, 15) is 13.2 Å². The van der Waals surface area contributed by atoms with Crippen LogP contribution in [0.1, 0.15) is 37.0 Å². The fourth-order valence-electron chi connectivity index (χ4n) is 3.02. The minimum absolute atomic E-state index is 0.0535. The Kier molecular flexibility index (Phi) is 6.64. The maximum absolute atomic E-state index is 12.7. The Bertz CT molecular complexity index is 958. The highest BCUT2D eigenvalue weighted by atomic mass is 32.2. The molecule has 2 aromatic rings. The molecule has 0 fully saturated rings. The molecular formula is C21H26N2O5S. The number of fused-ring (bicyclic) bond motifs is 1. The van der Waals surface area contributed by atoms with Crippen LogP contribution in [0.5, 0.6) is 11.5 Å². The third kappa shape index (κ3) is 5.00. The highest BCUT2D eigenvalue weighted by Gasteiger charge is 2.20. The molecule has 1 N–H and O–H groups in total. The zero-order valence-electron chi connectivity index (χ0n) is 16.7. The normalized spacial score (nSPS) is 13.0. The van der Waals surface area contributed by atoms with Gasteiger partial charge in [-0.1, -0.05) is 13.3 Å². The van der Waals surface area contributed by atoms with Gasteiger partial charge in [0.15, 0.2) is 11.5 Å². The second-order valence-corrected chi connectivity index (χ2v) is 8.41. The lowest BCUT2D eigenvalue weighted by Crippen LogP contribution is -2.31. The SMILES string of the molecule is CCCCN(CC)C(=O)c1ccc(NS(=O)(=O)c2ccc3c(c2)OCCO3)cc1. The number of hydrogen-bond acceptors (Lipinski definition) is 5. The number of rotatable bonds is 8. The van der Waals surface area contributed by atoms with Gasteiger partial charge in [0.25, 0.3) is 15.9 Å². The summed E-state index contributed by atoms with van der Waals surface area (Å²) in [5.74, 6) is 0.885. The van der Waals surface area contributed by atoms with E-state index in [1.807, 2.05) is 6.92 Å². The number of nitrogens with zero attached hydrogens (tertiary/aromatic N) is 1. The van der Waals surface area contributed by atoms with E-state index in [0.717, 1.165) is 12.8 Å². The monoisotopic (exact) mass is 418 g/mol. The number of unbranched alkanes of at least 4 members (excludes halogenated alkanes) is 1. The minimum atomic E-state index is -3.79. The Hall–Kier alpha value is -2.74. The predicted octanol–water partition coefficient (Wildman–Crippen LogP) is 3.52. The summed E-state index contributed by atoms with van der Waals surface area (Å²) in [5, 5.41) is 0. The van der Waals surface area contributed by atoms with E-state index < -0.39 is 10.0 Å². The van der Waals surface area contributed by atoms with Crippen molar-refractivity contribution in [2.45, 2.75) is 31.6 Å². The first-order chi connectivity index (χ1) is 13.9. The van der Waals surface area contributed by atoms with E-state index in [-0.39, 0.29) is 10.8 Å². The number of nitrogens with one attached hydrogen (secondary N) is 1. The molecule has 0 saturated carbocycles. The van der Waals surface area contributed by atoms with Gasteiger partial charge in [0.05, 0.1) is 4.90 Å². The molecule has 1 amide bonds. The lowest BCUT2D eigenvalue weighted by atomic mass is 10.1. The summed E-state index contributed by atoms with van der Waals surface area (Å²) < 4.78 is 38.8. The fraction of sp³-hybridized carbons (Fsp3) is 0.381. The molecule has 0 radical (unpaired) electrons. The molecule has 0 atom stereocenters. The van der Waals surface area contributed by atoms with E-state index in [1.54, 1.807) is 35.2 Å². The molecule has 0 spiro atoms. The average molecular weight is 419 g/mol. The van der Waals surface area contributed by atoms with Gasteiger partial charge in [-0.2, -0.15) is 0 Å². The first-order valence-corrected chi connectivity index (χ1v) is 11.2. The third-order valence-electron chi connectivity index (χ3n) is 4.66. The second-order valence-electron chi connectivity index (χ2n) is 6.73. The van der Waals surface area contributed by atoms with Crippen LogP contribution in [0.3, 0.4) is 0 Å². The summed E-state index contributed by atoms with van der Waals surface area (Å²) in [4.78, 5) is 14.5. The van der Waals surface area contributed by atoms with Gasteiger partial charge in [-0.15, -0.1) is 0 Å². The maximum Gasteiger partial charge on any atom is 0.262 e. The molecule has 156 valence electrons. The maximum atomic E-state index is 12.7. The summed E-state index contributed by atoms with van der Waals surface area (Å²) in [6.45, 7) is 6.20. The lowest BCUT2D eigenvalue weighted by Gasteiger charge is -2.21. The number of ether oxygens (including phenoxy) is 2. The second kappa shape index (κ2) is 9.17. The van der Waals surface area contributed by atoms with Crippen molar-refractivity contribution in [3.8, 4) is 11.5 Å². The molecule has 0 aliphatic carbocycles. The first kappa shape index (κ1) is 21.0. The molecule has 0 bridgehead atoms. The number of anilines is 1. The van der Waals surface area contributed by atoms with E-state index >= 15 is 0 Å². The molecule has 1 aliphatic heterocycles. The van der Waals surface area contributed by atoms with Gasteiger partial charge in [-0.25, -0.2) is 8.42 Å². The Morgan fingerprint density at radius 1 is 1.03 bits per heavy atom. The third-order valence-corrected chi connectivity index (χ3v) is 6.04. The Morgan fingerprint density at radius 2 is 1.72 bits per heavy atom. The quantitative estimate of drug-likeness (QED) is 0.709. The van der Waals surface area contributed by atoms with Crippen molar-refractivity contribution < 1.29 is 22.7 Å². The molecule has 3 rings (SSSR count). The van der Waals surface area contributed by atoms with Crippen molar-refractivity contribution in [3.05, 3.63) is 48.0 Å². The van der Waals surface area contributed by atoms with Gasteiger partial charge in [-0.3, -0.25) is 9.52 Å². The van der Waals surface area contributed by atoms with Crippen LogP contribution in [0.15, 0.2) is 47.4 Å². The minimum Gasteiger partial charge on any atom is -0.486 e. The predicted molar refractivity (Wildman–Crippen MR) is 111 cm³/mol. The van der Waals surface area contributed by atoms with Gasteiger partial charge in [0.1, 0.15) is 13.2 Å². The smallest absolute Gasteiger partial charge is 0.262 e. The van der Waals surface area contributed by atoms with E-state index in [4.69, 9.17) is 9.47 Å². The summed E-state index contributed by atoms with van der Waals surface area (Å²) in [6.07, 6.45) is 1.97. The molecule has 7 nitrogen and oxygen atoms in total. The summed E-state index contributed by atoms with van der Waals surface area (Å²) in [6, 6.07) is 11.0. The Morgan fingerprint density at radius 3 is 2.38 bits per heavy atom. The molecule has 2 aromatic carbocycles. The van der Waals surface area contributed by atoms with Crippen LogP contribution in [0.25, 0.3) is 0 Å². The number of sulfonamides is 1. The van der Waals surface area contributed by atoms with Gasteiger partial charge in [0.2, 0.25) is 0 Å². The molecule has 1 aliphatic rings. The fourth-order valence-corrected chi connectivity index (χ4v) is 4.09. The van der Waals surface area contributed by atoms with Crippen LogP contribution in [-0.2, 0) is 10.0 Å². The van der Waals surface area contributed by atoms with Crippen molar-refractivity contribution >= 4 is 21.6 Å². The standard InChI is InChI=1S/C21H26N2O5S/c1-3-5-12-23(4-2)21(24)16-6-8-17(9-7-16)22-29(25,26)18-10-11-19-20(15-18)28-14-13-27-19/h6-11,15,22H,3-5,12-14H2,1-2H3. The first-order valence-electron chi connectivity index (χ1n) is 9.76. The zero-order valence-corrected chi connectivity index (χ0v) is 17.5. The van der Waals surface area contributed by atoms with E-state index in [1.165, 1.54) is 12.1 Å². The van der Waals surface area contributed by atoms with Crippen LogP contribution in [0.4, 0.5) is 5.69 Å². The van der Waals surface area contributed by atoms with E-state index in [2.05, 4.69) is 11.6 Å². The molecule has 1 heterocycles. The molecule has 8 heteroatoms. The number of carbonyl (C=O) groups excluding carboxylic acids is 1. The van der Waals surface area contributed by atoms with Gasteiger partial charge >= 0.3 is 0 Å². The zero-order chi connectivity index (χ0) is 20.9. The molecule has 0 unspecified atom stereocenters. The van der Waals surface area contributed by atoms with Crippen molar-refractivity contribution in [1.29, 1.82) is 0 Å². The average Bonchev–Trinajstić information content (AvgIpc) is 2.74. The van der Waals surface area contributed by atoms with Crippen molar-refractivity contribution in [1.82, 2.24) is 4.90 Å². The van der Waals surface area contributed by atoms with Crippen LogP contribution in [0, 0.1) is 0 Å². The van der Waals surface area contributed by atoms with Crippen LogP contribution in [0.2, 0.25) is 0 Å². The Labute approximate surface area is 171 Å².